The highest BCUT2D eigenvalue weighted by Crippen LogP contribution is 2.44. The lowest BCUT2D eigenvalue weighted by atomic mass is 9.88. The van der Waals surface area contributed by atoms with Crippen LogP contribution < -0.4 is 5.32 Å². The lowest BCUT2D eigenvalue weighted by molar-refractivity contribution is -0.138. The maximum absolute atomic E-state index is 12.7. The van der Waals surface area contributed by atoms with Gasteiger partial charge in [-0.3, -0.25) is 9.59 Å². The third kappa shape index (κ3) is 3.46. The van der Waals surface area contributed by atoms with E-state index in [1.165, 1.54) is 6.42 Å². The molecule has 1 N–H and O–H groups in total. The van der Waals surface area contributed by atoms with Crippen molar-refractivity contribution in [1.29, 1.82) is 0 Å². The monoisotopic (exact) mass is 316 g/mol. The van der Waals surface area contributed by atoms with Crippen molar-refractivity contribution in [2.75, 3.05) is 13.1 Å². The lowest BCUT2D eigenvalue weighted by Gasteiger charge is -2.34. The molecule has 3 fully saturated rings. The van der Waals surface area contributed by atoms with Gasteiger partial charge in [-0.05, 0) is 62.7 Å². The van der Waals surface area contributed by atoms with Crippen LogP contribution >= 0.6 is 0 Å². The number of fused-ring (bicyclic) bond motifs is 2. The van der Waals surface area contributed by atoms with Crippen LogP contribution in [-0.2, 0) is 9.59 Å². The first kappa shape index (κ1) is 15.2. The number of hydrogen-bond acceptors (Lipinski definition) is 2. The molecule has 126 valence electrons. The summed E-state index contributed by atoms with van der Waals surface area (Å²) in [5.41, 5.74) is 0. The molecular weight excluding hydrogens is 288 g/mol. The summed E-state index contributed by atoms with van der Waals surface area (Å²) in [5, 5.41) is 3.06. The molecule has 4 rings (SSSR count). The van der Waals surface area contributed by atoms with Crippen molar-refractivity contribution >= 4 is 11.8 Å². The van der Waals surface area contributed by atoms with E-state index in [0.717, 1.165) is 51.6 Å². The normalized spacial score (nSPS) is 33.2. The van der Waals surface area contributed by atoms with Crippen molar-refractivity contribution in [3.05, 3.63) is 12.2 Å². The molecule has 2 amide bonds. The first-order valence-electron chi connectivity index (χ1n) is 9.45. The molecule has 3 aliphatic carbocycles. The predicted octanol–water partition coefficient (Wildman–Crippen LogP) is 2.50. The Morgan fingerprint density at radius 2 is 1.83 bits per heavy atom. The van der Waals surface area contributed by atoms with E-state index >= 15 is 0 Å². The van der Waals surface area contributed by atoms with Crippen molar-refractivity contribution in [3.8, 4) is 0 Å². The van der Waals surface area contributed by atoms with Crippen LogP contribution in [0, 0.1) is 23.7 Å². The number of carbonyl (C=O) groups is 2. The van der Waals surface area contributed by atoms with Crippen molar-refractivity contribution in [1.82, 2.24) is 10.2 Å². The Balaban J connectivity index is 1.19. The van der Waals surface area contributed by atoms with Gasteiger partial charge in [-0.1, -0.05) is 12.2 Å². The molecule has 1 heterocycles. The smallest absolute Gasteiger partial charge is 0.226 e. The van der Waals surface area contributed by atoms with Gasteiger partial charge in [0, 0.05) is 31.5 Å². The van der Waals surface area contributed by atoms with Crippen molar-refractivity contribution in [2.24, 2.45) is 23.7 Å². The summed E-state index contributed by atoms with van der Waals surface area (Å²) < 4.78 is 0. The highest BCUT2D eigenvalue weighted by Gasteiger charge is 2.41. The van der Waals surface area contributed by atoms with Crippen molar-refractivity contribution < 1.29 is 9.59 Å². The standard InChI is InChI=1S/C19H28N2O2/c22-18(20-16-4-5-16)6-2-13-7-9-21(10-8-13)19(23)17-12-14-1-3-15(17)11-14/h1,3,13-17H,2,4-12H2,(H,20,22)/t14-,15+,17-/m1/s1. The van der Waals surface area contributed by atoms with Gasteiger partial charge in [0.15, 0.2) is 0 Å². The number of rotatable bonds is 5. The van der Waals surface area contributed by atoms with Gasteiger partial charge in [0.25, 0.3) is 0 Å². The van der Waals surface area contributed by atoms with E-state index in [0.29, 0.717) is 36.1 Å². The minimum Gasteiger partial charge on any atom is -0.353 e. The van der Waals surface area contributed by atoms with E-state index in [-0.39, 0.29) is 11.8 Å². The van der Waals surface area contributed by atoms with Crippen LogP contribution in [0.15, 0.2) is 12.2 Å². The van der Waals surface area contributed by atoms with Gasteiger partial charge in [0.2, 0.25) is 11.8 Å². The average molecular weight is 316 g/mol. The molecule has 0 spiro atoms. The summed E-state index contributed by atoms with van der Waals surface area (Å²) in [5.74, 6) is 2.66. The summed E-state index contributed by atoms with van der Waals surface area (Å²) in [7, 11) is 0. The molecular formula is C19H28N2O2. The van der Waals surface area contributed by atoms with E-state index in [4.69, 9.17) is 0 Å². The van der Waals surface area contributed by atoms with Gasteiger partial charge in [0.1, 0.15) is 0 Å². The number of likely N-dealkylation sites (tertiary alicyclic amines) is 1. The Hall–Kier alpha value is -1.32. The third-order valence-corrected chi connectivity index (χ3v) is 6.24. The molecule has 3 atom stereocenters. The van der Waals surface area contributed by atoms with E-state index < -0.39 is 0 Å². The predicted molar refractivity (Wildman–Crippen MR) is 88.5 cm³/mol. The molecule has 2 saturated carbocycles. The average Bonchev–Trinajstić information content (AvgIpc) is 3.12. The third-order valence-electron chi connectivity index (χ3n) is 6.24. The maximum Gasteiger partial charge on any atom is 0.226 e. The lowest BCUT2D eigenvalue weighted by Crippen LogP contribution is -2.43. The quantitative estimate of drug-likeness (QED) is 0.792. The first-order valence-corrected chi connectivity index (χ1v) is 9.45. The summed E-state index contributed by atoms with van der Waals surface area (Å²) in [4.78, 5) is 26.6. The summed E-state index contributed by atoms with van der Waals surface area (Å²) >= 11 is 0. The zero-order valence-electron chi connectivity index (χ0n) is 13.9. The molecule has 0 radical (unpaired) electrons. The van der Waals surface area contributed by atoms with Crippen LogP contribution in [0.1, 0.15) is 51.4 Å². The van der Waals surface area contributed by atoms with E-state index in [2.05, 4.69) is 22.4 Å². The van der Waals surface area contributed by atoms with Gasteiger partial charge in [0.05, 0.1) is 0 Å². The molecule has 0 unspecified atom stereocenters. The fourth-order valence-electron chi connectivity index (χ4n) is 4.60. The van der Waals surface area contributed by atoms with Crippen LogP contribution in [0.5, 0.6) is 0 Å². The number of allylic oxidation sites excluding steroid dienone is 2. The van der Waals surface area contributed by atoms with Crippen molar-refractivity contribution in [3.63, 3.8) is 0 Å². The fourth-order valence-corrected chi connectivity index (χ4v) is 4.60. The molecule has 4 nitrogen and oxygen atoms in total. The van der Waals surface area contributed by atoms with Gasteiger partial charge < -0.3 is 10.2 Å². The molecule has 2 bridgehead atoms. The Morgan fingerprint density at radius 3 is 2.43 bits per heavy atom. The Kier molecular flexibility index (Phi) is 4.16. The highest BCUT2D eigenvalue weighted by molar-refractivity contribution is 5.80. The number of piperidine rings is 1. The molecule has 4 heteroatoms. The van der Waals surface area contributed by atoms with Gasteiger partial charge >= 0.3 is 0 Å². The van der Waals surface area contributed by atoms with Crippen molar-refractivity contribution in [2.45, 2.75) is 57.4 Å². The molecule has 1 aliphatic heterocycles. The first-order chi connectivity index (χ1) is 11.2. The second-order valence-corrected chi connectivity index (χ2v) is 8.04. The zero-order valence-corrected chi connectivity index (χ0v) is 13.9. The Morgan fingerprint density at radius 1 is 1.04 bits per heavy atom. The summed E-state index contributed by atoms with van der Waals surface area (Å²) in [6.07, 6.45) is 12.9. The van der Waals surface area contributed by atoms with Gasteiger partial charge in [-0.2, -0.15) is 0 Å². The molecule has 0 aromatic rings. The van der Waals surface area contributed by atoms with Gasteiger partial charge in [-0.15, -0.1) is 0 Å². The molecule has 1 saturated heterocycles. The van der Waals surface area contributed by atoms with Crippen LogP contribution in [0.3, 0.4) is 0 Å². The second kappa shape index (κ2) is 6.29. The fraction of sp³-hybridized carbons (Fsp3) is 0.789. The highest BCUT2D eigenvalue weighted by atomic mass is 16.2. The van der Waals surface area contributed by atoms with Gasteiger partial charge in [-0.25, -0.2) is 0 Å². The van der Waals surface area contributed by atoms with E-state index in [1.54, 1.807) is 0 Å². The molecule has 23 heavy (non-hydrogen) atoms. The Labute approximate surface area is 138 Å². The number of amides is 2. The largest absolute Gasteiger partial charge is 0.353 e. The number of nitrogens with one attached hydrogen (secondary N) is 1. The van der Waals surface area contributed by atoms with E-state index in [1.807, 2.05) is 0 Å². The van der Waals surface area contributed by atoms with Crippen LogP contribution in [0.4, 0.5) is 0 Å². The minimum absolute atomic E-state index is 0.222. The van der Waals surface area contributed by atoms with E-state index in [9.17, 15) is 9.59 Å². The van der Waals surface area contributed by atoms with Crippen LogP contribution in [0.25, 0.3) is 0 Å². The molecule has 0 aromatic carbocycles. The SMILES string of the molecule is O=C(CCC1CCN(C(=O)[C@@H]2C[C@@H]3C=C[C@H]2C3)CC1)NC1CC1. The number of carbonyl (C=O) groups excluding carboxylic acids is 2. The maximum atomic E-state index is 12.7. The second-order valence-electron chi connectivity index (χ2n) is 8.04. The number of hydrogen-bond donors (Lipinski definition) is 1. The number of nitrogens with zero attached hydrogens (tertiary/aromatic N) is 1. The summed E-state index contributed by atoms with van der Waals surface area (Å²) in [6, 6.07) is 0.470. The molecule has 0 aromatic heterocycles. The summed E-state index contributed by atoms with van der Waals surface area (Å²) in [6.45, 7) is 1.79. The minimum atomic E-state index is 0.222. The van der Waals surface area contributed by atoms with Crippen LogP contribution in [-0.4, -0.2) is 35.8 Å². The Bertz CT molecular complexity index is 503. The zero-order chi connectivity index (χ0) is 15.8. The topological polar surface area (TPSA) is 49.4 Å². The van der Waals surface area contributed by atoms with Crippen LogP contribution in [0.2, 0.25) is 0 Å². The molecule has 4 aliphatic rings.